The monoisotopic (exact) mass is 346 g/mol. The van der Waals surface area contributed by atoms with Crippen molar-refractivity contribution in [3.8, 4) is 5.75 Å². The van der Waals surface area contributed by atoms with Crippen molar-refractivity contribution < 1.29 is 9.53 Å². The molecule has 1 heterocycles. The molecule has 0 aliphatic heterocycles. The molecule has 1 aromatic carbocycles. The van der Waals surface area contributed by atoms with Gasteiger partial charge in [0, 0.05) is 12.5 Å². The van der Waals surface area contributed by atoms with Crippen LogP contribution in [-0.4, -0.2) is 29.4 Å². The maximum absolute atomic E-state index is 12.0. The van der Waals surface area contributed by atoms with Gasteiger partial charge in [-0.15, -0.1) is 10.2 Å². The summed E-state index contributed by atoms with van der Waals surface area (Å²) in [6, 6.07) is 7.95. The van der Waals surface area contributed by atoms with Crippen LogP contribution < -0.4 is 15.4 Å². The molecular formula is C17H22N4O2S. The first-order valence-electron chi connectivity index (χ1n) is 8.26. The number of carbonyl (C=O) groups is 1. The van der Waals surface area contributed by atoms with Crippen LogP contribution in [0.4, 0.5) is 9.93 Å². The van der Waals surface area contributed by atoms with Crippen LogP contribution >= 0.6 is 11.3 Å². The van der Waals surface area contributed by atoms with Crippen molar-refractivity contribution in [3.63, 3.8) is 0 Å². The lowest BCUT2D eigenvalue weighted by molar-refractivity contribution is 0.244. The first-order chi connectivity index (χ1) is 11.7. The molecule has 1 aliphatic rings. The minimum atomic E-state index is -0.189. The predicted octanol–water partition coefficient (Wildman–Crippen LogP) is 3.59. The van der Waals surface area contributed by atoms with Gasteiger partial charge >= 0.3 is 6.03 Å². The third-order valence-corrected chi connectivity index (χ3v) is 4.96. The van der Waals surface area contributed by atoms with Gasteiger partial charge in [-0.1, -0.05) is 42.7 Å². The van der Waals surface area contributed by atoms with Gasteiger partial charge in [0.1, 0.15) is 10.8 Å². The largest absolute Gasteiger partial charge is 0.497 e. The van der Waals surface area contributed by atoms with Crippen LogP contribution in [0.5, 0.6) is 5.75 Å². The number of methoxy groups -OCH3 is 1. The lowest BCUT2D eigenvalue weighted by atomic mass is 9.96. The zero-order chi connectivity index (χ0) is 16.8. The van der Waals surface area contributed by atoms with Crippen LogP contribution in [0.3, 0.4) is 0 Å². The zero-order valence-electron chi connectivity index (χ0n) is 13.7. The molecule has 0 spiro atoms. The smallest absolute Gasteiger partial charge is 0.321 e. The fourth-order valence-corrected chi connectivity index (χ4v) is 3.67. The molecule has 2 N–H and O–H groups in total. The average molecular weight is 346 g/mol. The van der Waals surface area contributed by atoms with Crippen molar-refractivity contribution in [1.82, 2.24) is 15.5 Å². The summed E-state index contributed by atoms with van der Waals surface area (Å²) in [7, 11) is 1.65. The van der Waals surface area contributed by atoms with Gasteiger partial charge < -0.3 is 10.1 Å². The number of aromatic nitrogens is 2. The van der Waals surface area contributed by atoms with Crippen molar-refractivity contribution in [3.05, 3.63) is 34.8 Å². The fourth-order valence-electron chi connectivity index (χ4n) is 2.90. The standard InChI is InChI=1S/C17H22N4O2S/c1-23-14-9-5-6-12(10-14)11-15-20-21-17(24-15)19-16(22)18-13-7-3-2-4-8-13/h5-6,9-10,13H,2-4,7-8,11H2,1H3,(H2,18,19,21,22). The molecule has 1 fully saturated rings. The number of hydrogen-bond acceptors (Lipinski definition) is 5. The highest BCUT2D eigenvalue weighted by Crippen LogP contribution is 2.21. The van der Waals surface area contributed by atoms with Gasteiger partial charge in [-0.3, -0.25) is 5.32 Å². The number of ether oxygens (including phenoxy) is 1. The summed E-state index contributed by atoms with van der Waals surface area (Å²) in [6.45, 7) is 0. The van der Waals surface area contributed by atoms with Gasteiger partial charge in [0.15, 0.2) is 0 Å². The maximum atomic E-state index is 12.0. The summed E-state index contributed by atoms with van der Waals surface area (Å²) < 4.78 is 5.22. The van der Waals surface area contributed by atoms with E-state index >= 15 is 0 Å². The van der Waals surface area contributed by atoms with Gasteiger partial charge in [0.05, 0.1) is 7.11 Å². The number of amides is 2. The number of nitrogens with one attached hydrogen (secondary N) is 2. The number of carbonyl (C=O) groups excluding carboxylic acids is 1. The maximum Gasteiger partial charge on any atom is 0.321 e. The second-order valence-electron chi connectivity index (χ2n) is 5.96. The van der Waals surface area contributed by atoms with E-state index in [1.165, 1.54) is 30.6 Å². The van der Waals surface area contributed by atoms with Gasteiger partial charge in [-0.2, -0.15) is 0 Å². The van der Waals surface area contributed by atoms with E-state index in [9.17, 15) is 4.79 Å². The Balaban J connectivity index is 1.53. The lowest BCUT2D eigenvalue weighted by Crippen LogP contribution is -2.38. The van der Waals surface area contributed by atoms with Crippen molar-refractivity contribution in [1.29, 1.82) is 0 Å². The first-order valence-corrected chi connectivity index (χ1v) is 9.07. The SMILES string of the molecule is COc1cccc(Cc2nnc(NC(=O)NC3CCCCC3)s2)c1. The summed E-state index contributed by atoms with van der Waals surface area (Å²) in [5.74, 6) is 0.822. The molecule has 24 heavy (non-hydrogen) atoms. The Bertz CT molecular complexity index is 683. The molecule has 0 bridgehead atoms. The molecular weight excluding hydrogens is 324 g/mol. The molecule has 3 rings (SSSR count). The van der Waals surface area contributed by atoms with E-state index in [-0.39, 0.29) is 12.1 Å². The molecule has 0 unspecified atom stereocenters. The molecule has 128 valence electrons. The number of nitrogens with zero attached hydrogens (tertiary/aromatic N) is 2. The van der Waals surface area contributed by atoms with Crippen LogP contribution in [0.2, 0.25) is 0 Å². The fraction of sp³-hybridized carbons (Fsp3) is 0.471. The molecule has 2 aromatic rings. The summed E-state index contributed by atoms with van der Waals surface area (Å²) >= 11 is 1.40. The summed E-state index contributed by atoms with van der Waals surface area (Å²) in [6.07, 6.45) is 6.43. The second-order valence-corrected chi connectivity index (χ2v) is 7.02. The highest BCUT2D eigenvalue weighted by molar-refractivity contribution is 7.15. The van der Waals surface area contributed by atoms with Gasteiger partial charge in [0.25, 0.3) is 0 Å². The third-order valence-electron chi connectivity index (χ3n) is 4.12. The minimum absolute atomic E-state index is 0.189. The van der Waals surface area contributed by atoms with E-state index in [0.717, 1.165) is 29.2 Å². The quantitative estimate of drug-likeness (QED) is 0.867. The van der Waals surface area contributed by atoms with E-state index < -0.39 is 0 Å². The molecule has 2 amide bonds. The number of rotatable bonds is 5. The number of hydrogen-bond donors (Lipinski definition) is 2. The van der Waals surface area contributed by atoms with E-state index in [2.05, 4.69) is 20.8 Å². The molecule has 1 aromatic heterocycles. The minimum Gasteiger partial charge on any atom is -0.497 e. The Kier molecular flexibility index (Phi) is 5.63. The summed E-state index contributed by atoms with van der Waals surface area (Å²) in [4.78, 5) is 12.0. The van der Waals surface area contributed by atoms with Crippen molar-refractivity contribution in [2.24, 2.45) is 0 Å². The normalized spacial score (nSPS) is 15.0. The van der Waals surface area contributed by atoms with E-state index in [1.54, 1.807) is 7.11 Å². The van der Waals surface area contributed by atoms with Crippen LogP contribution in [-0.2, 0) is 6.42 Å². The Morgan fingerprint density at radius 1 is 1.29 bits per heavy atom. The first kappa shape index (κ1) is 16.7. The summed E-state index contributed by atoms with van der Waals surface area (Å²) in [5, 5.41) is 15.4. The van der Waals surface area contributed by atoms with Crippen LogP contribution in [0.15, 0.2) is 24.3 Å². The summed E-state index contributed by atoms with van der Waals surface area (Å²) in [5.41, 5.74) is 1.10. The van der Waals surface area contributed by atoms with Crippen LogP contribution in [0.25, 0.3) is 0 Å². The number of anilines is 1. The van der Waals surface area contributed by atoms with Crippen molar-refractivity contribution in [2.75, 3.05) is 12.4 Å². The van der Waals surface area contributed by atoms with E-state index in [1.807, 2.05) is 24.3 Å². The molecule has 0 saturated heterocycles. The number of urea groups is 1. The van der Waals surface area contributed by atoms with Crippen LogP contribution in [0, 0.1) is 0 Å². The molecule has 0 atom stereocenters. The topological polar surface area (TPSA) is 76.1 Å². The van der Waals surface area contributed by atoms with Crippen LogP contribution in [0.1, 0.15) is 42.7 Å². The molecule has 1 saturated carbocycles. The van der Waals surface area contributed by atoms with Gasteiger partial charge in [-0.25, -0.2) is 4.79 Å². The lowest BCUT2D eigenvalue weighted by Gasteiger charge is -2.22. The highest BCUT2D eigenvalue weighted by Gasteiger charge is 2.16. The third kappa shape index (κ3) is 4.67. The molecule has 1 aliphatic carbocycles. The Morgan fingerprint density at radius 3 is 2.92 bits per heavy atom. The number of benzene rings is 1. The predicted molar refractivity (Wildman–Crippen MR) is 94.7 cm³/mol. The Morgan fingerprint density at radius 2 is 2.12 bits per heavy atom. The van der Waals surface area contributed by atoms with Gasteiger partial charge in [-0.05, 0) is 30.5 Å². The Labute approximate surface area is 145 Å². The molecule has 6 nitrogen and oxygen atoms in total. The highest BCUT2D eigenvalue weighted by atomic mass is 32.1. The Hall–Kier alpha value is -2.15. The van der Waals surface area contributed by atoms with E-state index in [0.29, 0.717) is 11.6 Å². The van der Waals surface area contributed by atoms with Gasteiger partial charge in [0.2, 0.25) is 5.13 Å². The zero-order valence-corrected chi connectivity index (χ0v) is 14.6. The van der Waals surface area contributed by atoms with E-state index in [4.69, 9.17) is 4.74 Å². The average Bonchev–Trinajstić information content (AvgIpc) is 3.02. The molecule has 0 radical (unpaired) electrons. The van der Waals surface area contributed by atoms with Crippen molar-refractivity contribution >= 4 is 22.5 Å². The second kappa shape index (κ2) is 8.10. The van der Waals surface area contributed by atoms with Crippen molar-refractivity contribution in [2.45, 2.75) is 44.6 Å². The molecule has 7 heteroatoms.